The lowest BCUT2D eigenvalue weighted by Gasteiger charge is -2.24. The maximum atomic E-state index is 9.18. The molecule has 1 aromatic heterocycles. The first-order valence-corrected chi connectivity index (χ1v) is 7.71. The van der Waals surface area contributed by atoms with Crippen molar-refractivity contribution in [1.29, 1.82) is 0 Å². The molecule has 1 aliphatic heterocycles. The van der Waals surface area contributed by atoms with Gasteiger partial charge in [0.2, 0.25) is 0 Å². The molecule has 0 spiro atoms. The summed E-state index contributed by atoms with van der Waals surface area (Å²) < 4.78 is 0. The van der Waals surface area contributed by atoms with E-state index in [0.29, 0.717) is 0 Å². The fourth-order valence-electron chi connectivity index (χ4n) is 2.74. The van der Waals surface area contributed by atoms with Crippen molar-refractivity contribution in [3.63, 3.8) is 0 Å². The van der Waals surface area contributed by atoms with Gasteiger partial charge in [-0.15, -0.1) is 0 Å². The summed E-state index contributed by atoms with van der Waals surface area (Å²) in [7, 11) is 0. The van der Waals surface area contributed by atoms with Gasteiger partial charge in [-0.05, 0) is 63.9 Å². The number of nitrogens with zero attached hydrogens (tertiary/aromatic N) is 2. The Balaban J connectivity index is 1.61. The molecule has 1 N–H and O–H groups in total. The molecule has 1 fully saturated rings. The van der Waals surface area contributed by atoms with Gasteiger partial charge in [-0.2, -0.15) is 0 Å². The average molecular weight is 262 g/mol. The van der Waals surface area contributed by atoms with E-state index < -0.39 is 0 Å². The van der Waals surface area contributed by atoms with Gasteiger partial charge in [0.05, 0.1) is 6.20 Å². The number of rotatable bonds is 5. The Kier molecular flexibility index (Phi) is 6.15. The first-order chi connectivity index (χ1) is 9.34. The van der Waals surface area contributed by atoms with Gasteiger partial charge in [-0.25, -0.2) is 0 Å². The van der Waals surface area contributed by atoms with Crippen LogP contribution in [0.4, 0.5) is 0 Å². The van der Waals surface area contributed by atoms with Crippen LogP contribution in [0.2, 0.25) is 0 Å². The third kappa shape index (κ3) is 5.60. The molecule has 3 nitrogen and oxygen atoms in total. The van der Waals surface area contributed by atoms with Crippen LogP contribution in [0, 0.1) is 0 Å². The predicted molar refractivity (Wildman–Crippen MR) is 78.4 cm³/mol. The van der Waals surface area contributed by atoms with E-state index in [1.165, 1.54) is 70.8 Å². The van der Waals surface area contributed by atoms with Crippen LogP contribution < -0.4 is 0 Å². The molecule has 3 heteroatoms. The predicted octanol–water partition coefficient (Wildman–Crippen LogP) is 3.38. The SMILES string of the molecule is Oc1ccc(CCCCN2CCCCCCC2)nc1. The fraction of sp³-hybridized carbons (Fsp3) is 0.688. The van der Waals surface area contributed by atoms with Crippen LogP contribution in [0.25, 0.3) is 0 Å². The van der Waals surface area contributed by atoms with Gasteiger partial charge in [-0.3, -0.25) is 4.98 Å². The van der Waals surface area contributed by atoms with Crippen molar-refractivity contribution in [1.82, 2.24) is 9.88 Å². The van der Waals surface area contributed by atoms with Crippen LogP contribution in [-0.4, -0.2) is 34.6 Å². The van der Waals surface area contributed by atoms with E-state index in [9.17, 15) is 5.11 Å². The van der Waals surface area contributed by atoms with E-state index >= 15 is 0 Å². The zero-order valence-electron chi connectivity index (χ0n) is 11.9. The summed E-state index contributed by atoms with van der Waals surface area (Å²) in [6.45, 7) is 3.81. The zero-order chi connectivity index (χ0) is 13.3. The number of aryl methyl sites for hydroxylation is 1. The van der Waals surface area contributed by atoms with Crippen molar-refractivity contribution in [2.45, 2.75) is 51.4 Å². The summed E-state index contributed by atoms with van der Waals surface area (Å²) in [4.78, 5) is 6.85. The van der Waals surface area contributed by atoms with Gasteiger partial charge in [0.15, 0.2) is 0 Å². The van der Waals surface area contributed by atoms with Crippen molar-refractivity contribution in [3.8, 4) is 5.75 Å². The number of pyridine rings is 1. The van der Waals surface area contributed by atoms with Crippen LogP contribution in [0.15, 0.2) is 18.3 Å². The molecule has 1 aromatic rings. The summed E-state index contributed by atoms with van der Waals surface area (Å²) >= 11 is 0. The largest absolute Gasteiger partial charge is 0.506 e. The van der Waals surface area contributed by atoms with Crippen LogP contribution in [-0.2, 0) is 6.42 Å². The van der Waals surface area contributed by atoms with Gasteiger partial charge in [-0.1, -0.05) is 19.3 Å². The highest BCUT2D eigenvalue weighted by Crippen LogP contribution is 2.12. The van der Waals surface area contributed by atoms with Crippen molar-refractivity contribution >= 4 is 0 Å². The quantitative estimate of drug-likeness (QED) is 0.826. The number of unbranched alkanes of at least 4 members (excludes halogenated alkanes) is 1. The highest BCUT2D eigenvalue weighted by molar-refractivity contribution is 5.17. The van der Waals surface area contributed by atoms with E-state index in [-0.39, 0.29) is 5.75 Å². The molecule has 0 aliphatic carbocycles. The summed E-state index contributed by atoms with van der Waals surface area (Å²) in [6, 6.07) is 3.64. The molecule has 106 valence electrons. The second kappa shape index (κ2) is 8.16. The average Bonchev–Trinajstić information content (AvgIpc) is 2.38. The summed E-state index contributed by atoms with van der Waals surface area (Å²) in [5.41, 5.74) is 1.09. The molecular weight excluding hydrogens is 236 g/mol. The Labute approximate surface area is 116 Å². The Bertz CT molecular complexity index is 342. The van der Waals surface area contributed by atoms with E-state index in [4.69, 9.17) is 0 Å². The minimum absolute atomic E-state index is 0.254. The van der Waals surface area contributed by atoms with Gasteiger partial charge < -0.3 is 10.0 Å². The minimum atomic E-state index is 0.254. The van der Waals surface area contributed by atoms with Crippen LogP contribution in [0.1, 0.15) is 50.6 Å². The van der Waals surface area contributed by atoms with Crippen LogP contribution in [0.5, 0.6) is 5.75 Å². The molecule has 0 aromatic carbocycles. The molecule has 0 saturated carbocycles. The Morgan fingerprint density at radius 1 is 1.00 bits per heavy atom. The highest BCUT2D eigenvalue weighted by atomic mass is 16.3. The molecule has 0 amide bonds. The van der Waals surface area contributed by atoms with Crippen molar-refractivity contribution in [2.24, 2.45) is 0 Å². The molecule has 0 bridgehead atoms. The molecule has 2 rings (SSSR count). The molecule has 0 unspecified atom stereocenters. The van der Waals surface area contributed by atoms with Gasteiger partial charge >= 0.3 is 0 Å². The molecule has 2 heterocycles. The zero-order valence-corrected chi connectivity index (χ0v) is 11.9. The fourth-order valence-corrected chi connectivity index (χ4v) is 2.74. The van der Waals surface area contributed by atoms with Crippen molar-refractivity contribution in [3.05, 3.63) is 24.0 Å². The van der Waals surface area contributed by atoms with E-state index in [2.05, 4.69) is 9.88 Å². The third-order valence-corrected chi connectivity index (χ3v) is 3.92. The lowest BCUT2D eigenvalue weighted by molar-refractivity contribution is 0.243. The third-order valence-electron chi connectivity index (χ3n) is 3.92. The van der Waals surface area contributed by atoms with Crippen LogP contribution in [0.3, 0.4) is 0 Å². The van der Waals surface area contributed by atoms with Gasteiger partial charge in [0.1, 0.15) is 5.75 Å². The molecule has 1 aliphatic rings. The summed E-state index contributed by atoms with van der Waals surface area (Å²) in [6.07, 6.45) is 12.0. The highest BCUT2D eigenvalue weighted by Gasteiger charge is 2.07. The smallest absolute Gasteiger partial charge is 0.133 e. The number of likely N-dealkylation sites (tertiary alicyclic amines) is 1. The monoisotopic (exact) mass is 262 g/mol. The van der Waals surface area contributed by atoms with E-state index in [1.54, 1.807) is 6.07 Å². The van der Waals surface area contributed by atoms with E-state index in [0.717, 1.165) is 12.1 Å². The topological polar surface area (TPSA) is 36.4 Å². The first-order valence-electron chi connectivity index (χ1n) is 7.71. The Morgan fingerprint density at radius 3 is 2.42 bits per heavy atom. The summed E-state index contributed by atoms with van der Waals surface area (Å²) in [5.74, 6) is 0.254. The maximum absolute atomic E-state index is 9.18. The number of hydrogen-bond acceptors (Lipinski definition) is 3. The standard InChI is InChI=1S/C16H26N2O/c19-16-10-9-15(17-14-16)8-4-7-13-18-11-5-2-1-3-6-12-18/h9-10,14,19H,1-8,11-13H2. The maximum Gasteiger partial charge on any atom is 0.133 e. The van der Waals surface area contributed by atoms with Crippen molar-refractivity contribution in [2.75, 3.05) is 19.6 Å². The van der Waals surface area contributed by atoms with Gasteiger partial charge in [0.25, 0.3) is 0 Å². The normalized spacial score (nSPS) is 17.9. The summed E-state index contributed by atoms with van der Waals surface area (Å²) in [5, 5.41) is 9.18. The minimum Gasteiger partial charge on any atom is -0.506 e. The number of aromatic hydroxyl groups is 1. The van der Waals surface area contributed by atoms with Crippen molar-refractivity contribution < 1.29 is 5.11 Å². The first kappa shape index (κ1) is 14.3. The molecule has 0 atom stereocenters. The lowest BCUT2D eigenvalue weighted by Crippen LogP contribution is -2.28. The Morgan fingerprint density at radius 2 is 1.74 bits per heavy atom. The molecular formula is C16H26N2O. The van der Waals surface area contributed by atoms with E-state index in [1.807, 2.05) is 6.07 Å². The molecule has 1 saturated heterocycles. The second-order valence-corrected chi connectivity index (χ2v) is 5.57. The molecule has 0 radical (unpaired) electrons. The van der Waals surface area contributed by atoms with Crippen LogP contribution >= 0.6 is 0 Å². The second-order valence-electron chi connectivity index (χ2n) is 5.57. The molecule has 19 heavy (non-hydrogen) atoms. The number of aromatic nitrogens is 1. The lowest BCUT2D eigenvalue weighted by atomic mass is 10.1. The number of hydrogen-bond donors (Lipinski definition) is 1. The Hall–Kier alpha value is -1.09. The van der Waals surface area contributed by atoms with Gasteiger partial charge in [0, 0.05) is 5.69 Å².